The maximum atomic E-state index is 11.9. The van der Waals surface area contributed by atoms with Gasteiger partial charge in [0.1, 0.15) is 11.5 Å². The van der Waals surface area contributed by atoms with Gasteiger partial charge < -0.3 is 19.3 Å². The van der Waals surface area contributed by atoms with E-state index in [0.717, 1.165) is 16.5 Å². The summed E-state index contributed by atoms with van der Waals surface area (Å²) in [5.74, 6) is 2.33. The fourth-order valence-corrected chi connectivity index (χ4v) is 3.62. The van der Waals surface area contributed by atoms with Crippen LogP contribution in [-0.4, -0.2) is 30.4 Å². The quantitative estimate of drug-likeness (QED) is 0.374. The largest absolute Gasteiger partial charge is 0.493 e. The third-order valence-corrected chi connectivity index (χ3v) is 5.24. The van der Waals surface area contributed by atoms with E-state index in [0.29, 0.717) is 34.2 Å². The van der Waals surface area contributed by atoms with Crippen LogP contribution in [0.15, 0.2) is 72.9 Å². The fraction of sp³-hybridized carbons (Fsp3) is 0.154. The van der Waals surface area contributed by atoms with Crippen LogP contribution in [0.5, 0.6) is 23.0 Å². The molecule has 4 aromatic rings. The van der Waals surface area contributed by atoms with Gasteiger partial charge in [0.25, 0.3) is 0 Å². The summed E-state index contributed by atoms with van der Waals surface area (Å²) in [5, 5.41) is 10.5. The van der Waals surface area contributed by atoms with Crippen LogP contribution in [0, 0.1) is 6.92 Å². The number of hydrogen-bond acceptors (Lipinski definition) is 5. The number of carbonyl (C=O) groups is 1. The van der Waals surface area contributed by atoms with E-state index in [1.165, 1.54) is 4.90 Å². The molecule has 33 heavy (non-hydrogen) atoms. The van der Waals surface area contributed by atoms with Crippen molar-refractivity contribution in [3.05, 3.63) is 84.1 Å². The Balaban J connectivity index is 1.59. The topological polar surface area (TPSA) is 81.1 Å². The van der Waals surface area contributed by atoms with Gasteiger partial charge in [-0.25, -0.2) is 4.79 Å². The molecule has 0 bridgehead atoms. The Labute approximate surface area is 191 Å². The molecule has 7 heteroatoms. The minimum absolute atomic E-state index is 0.258. The maximum absolute atomic E-state index is 11.9. The molecule has 3 aromatic carbocycles. The molecule has 0 atom stereocenters. The number of pyridine rings is 1. The van der Waals surface area contributed by atoms with Crippen LogP contribution >= 0.6 is 0 Å². The number of aryl methyl sites for hydroxylation is 1. The fourth-order valence-electron chi connectivity index (χ4n) is 3.62. The van der Waals surface area contributed by atoms with Crippen LogP contribution < -0.4 is 19.1 Å². The number of amides is 1. The number of rotatable bonds is 7. The molecular formula is C26H24N2O5. The summed E-state index contributed by atoms with van der Waals surface area (Å²) in [6.07, 6.45) is 0.637. The minimum Gasteiger partial charge on any atom is -0.493 e. The average molecular weight is 444 g/mol. The minimum atomic E-state index is -1.02. The van der Waals surface area contributed by atoms with Crippen molar-refractivity contribution in [1.29, 1.82) is 0 Å². The van der Waals surface area contributed by atoms with Crippen LogP contribution in [0.3, 0.4) is 0 Å². The Kier molecular flexibility index (Phi) is 6.31. The van der Waals surface area contributed by atoms with E-state index in [4.69, 9.17) is 14.2 Å². The highest BCUT2D eigenvalue weighted by Gasteiger charge is 2.16. The van der Waals surface area contributed by atoms with Crippen molar-refractivity contribution in [3.8, 4) is 23.0 Å². The van der Waals surface area contributed by atoms with Crippen molar-refractivity contribution in [1.82, 2.24) is 4.98 Å². The monoisotopic (exact) mass is 444 g/mol. The Bertz CT molecular complexity index is 1290. The van der Waals surface area contributed by atoms with Crippen LogP contribution in [0.25, 0.3) is 10.9 Å². The predicted octanol–water partition coefficient (Wildman–Crippen LogP) is 6.04. The van der Waals surface area contributed by atoms with Gasteiger partial charge >= 0.3 is 6.09 Å². The van der Waals surface area contributed by atoms with Gasteiger partial charge in [0.15, 0.2) is 11.5 Å². The molecule has 0 aliphatic rings. The van der Waals surface area contributed by atoms with Crippen molar-refractivity contribution < 1.29 is 24.1 Å². The van der Waals surface area contributed by atoms with Gasteiger partial charge in [-0.1, -0.05) is 29.8 Å². The highest BCUT2D eigenvalue weighted by Crippen LogP contribution is 2.37. The van der Waals surface area contributed by atoms with E-state index in [9.17, 15) is 9.90 Å². The standard InChI is InChI=1S/C26H24N2O5/c1-17-5-4-6-18(13-17)16-28(26(29)30)19-7-9-20(10-8-19)33-23-11-12-27-22-15-25(32-3)24(31-2)14-21(22)23/h4-15H,16H2,1-3H3,(H,29,30). The molecule has 0 radical (unpaired) electrons. The summed E-state index contributed by atoms with van der Waals surface area (Å²) in [6, 6.07) is 20.1. The van der Waals surface area contributed by atoms with E-state index in [2.05, 4.69) is 4.98 Å². The lowest BCUT2D eigenvalue weighted by Crippen LogP contribution is -2.28. The summed E-state index contributed by atoms with van der Waals surface area (Å²) in [4.78, 5) is 17.6. The molecule has 168 valence electrons. The first kappa shape index (κ1) is 22.0. The number of anilines is 1. The third kappa shape index (κ3) is 4.82. The molecule has 1 heterocycles. The van der Waals surface area contributed by atoms with E-state index < -0.39 is 6.09 Å². The summed E-state index contributed by atoms with van der Waals surface area (Å²) in [7, 11) is 3.15. The van der Waals surface area contributed by atoms with Crippen LogP contribution in [0.4, 0.5) is 10.5 Å². The van der Waals surface area contributed by atoms with Gasteiger partial charge in [-0.05, 0) is 48.9 Å². The summed E-state index contributed by atoms with van der Waals surface area (Å²) in [6.45, 7) is 2.24. The number of ether oxygens (including phenoxy) is 3. The van der Waals surface area contributed by atoms with E-state index in [1.807, 2.05) is 37.3 Å². The Morgan fingerprint density at radius 1 is 0.939 bits per heavy atom. The zero-order valence-corrected chi connectivity index (χ0v) is 18.6. The van der Waals surface area contributed by atoms with Crippen molar-refractivity contribution in [2.45, 2.75) is 13.5 Å². The molecule has 1 aromatic heterocycles. The summed E-state index contributed by atoms with van der Waals surface area (Å²) < 4.78 is 16.8. The molecule has 0 unspecified atom stereocenters. The number of methoxy groups -OCH3 is 2. The first-order valence-electron chi connectivity index (χ1n) is 10.3. The normalized spacial score (nSPS) is 10.6. The predicted molar refractivity (Wildman–Crippen MR) is 127 cm³/mol. The highest BCUT2D eigenvalue weighted by molar-refractivity contribution is 5.88. The molecule has 1 amide bonds. The summed E-state index contributed by atoms with van der Waals surface area (Å²) in [5.41, 5.74) is 3.27. The third-order valence-electron chi connectivity index (χ3n) is 5.24. The van der Waals surface area contributed by atoms with Crippen molar-refractivity contribution in [2.75, 3.05) is 19.1 Å². The first-order valence-corrected chi connectivity index (χ1v) is 10.3. The van der Waals surface area contributed by atoms with Gasteiger partial charge in [0, 0.05) is 23.3 Å². The molecule has 0 aliphatic heterocycles. The van der Waals surface area contributed by atoms with Crippen molar-refractivity contribution in [2.24, 2.45) is 0 Å². The number of benzene rings is 3. The molecular weight excluding hydrogens is 420 g/mol. The molecule has 0 spiro atoms. The van der Waals surface area contributed by atoms with Crippen molar-refractivity contribution >= 4 is 22.7 Å². The van der Waals surface area contributed by atoms with Crippen LogP contribution in [0.2, 0.25) is 0 Å². The highest BCUT2D eigenvalue weighted by atomic mass is 16.5. The van der Waals surface area contributed by atoms with Gasteiger partial charge in [-0.3, -0.25) is 9.88 Å². The second kappa shape index (κ2) is 9.48. The zero-order valence-electron chi connectivity index (χ0n) is 18.6. The van der Waals surface area contributed by atoms with Crippen LogP contribution in [0.1, 0.15) is 11.1 Å². The van der Waals surface area contributed by atoms with Crippen molar-refractivity contribution in [3.63, 3.8) is 0 Å². The molecule has 0 fully saturated rings. The smallest absolute Gasteiger partial charge is 0.412 e. The molecule has 4 rings (SSSR count). The molecule has 7 nitrogen and oxygen atoms in total. The zero-order chi connectivity index (χ0) is 23.4. The Morgan fingerprint density at radius 2 is 1.67 bits per heavy atom. The molecule has 0 saturated heterocycles. The van der Waals surface area contributed by atoms with E-state index in [1.54, 1.807) is 56.8 Å². The molecule has 0 aliphatic carbocycles. The number of fused-ring (bicyclic) bond motifs is 1. The van der Waals surface area contributed by atoms with Gasteiger partial charge in [-0.2, -0.15) is 0 Å². The van der Waals surface area contributed by atoms with Gasteiger partial charge in [0.05, 0.1) is 26.3 Å². The molecule has 0 saturated carbocycles. The Morgan fingerprint density at radius 3 is 2.33 bits per heavy atom. The second-order valence-corrected chi connectivity index (χ2v) is 7.49. The van der Waals surface area contributed by atoms with E-state index >= 15 is 0 Å². The lowest BCUT2D eigenvalue weighted by Gasteiger charge is -2.20. The summed E-state index contributed by atoms with van der Waals surface area (Å²) >= 11 is 0. The second-order valence-electron chi connectivity index (χ2n) is 7.49. The van der Waals surface area contributed by atoms with Gasteiger partial charge in [0.2, 0.25) is 0 Å². The average Bonchev–Trinajstić information content (AvgIpc) is 2.82. The lowest BCUT2D eigenvalue weighted by atomic mass is 10.1. The SMILES string of the molecule is COc1cc2nccc(Oc3ccc(N(Cc4cccc(C)c4)C(=O)O)cc3)c2cc1OC. The number of hydrogen-bond donors (Lipinski definition) is 1. The lowest BCUT2D eigenvalue weighted by molar-refractivity contribution is 0.201. The number of nitrogens with zero attached hydrogens (tertiary/aromatic N) is 2. The number of aromatic nitrogens is 1. The van der Waals surface area contributed by atoms with Crippen LogP contribution in [-0.2, 0) is 6.54 Å². The maximum Gasteiger partial charge on any atom is 0.412 e. The van der Waals surface area contributed by atoms with Gasteiger partial charge in [-0.15, -0.1) is 0 Å². The molecule has 1 N–H and O–H groups in total. The number of carboxylic acid groups (broad SMARTS) is 1. The first-order chi connectivity index (χ1) is 16.0. The Hall–Kier alpha value is -4.26. The van der Waals surface area contributed by atoms with E-state index in [-0.39, 0.29) is 6.54 Å².